The summed E-state index contributed by atoms with van der Waals surface area (Å²) in [7, 11) is 3.22. The van der Waals surface area contributed by atoms with Gasteiger partial charge in [0.1, 0.15) is 22.7 Å². The van der Waals surface area contributed by atoms with Crippen LogP contribution in [0, 0.1) is 0 Å². The van der Waals surface area contributed by atoms with E-state index in [0.717, 1.165) is 28.9 Å². The number of hydrogen-bond acceptors (Lipinski definition) is 5. The lowest BCUT2D eigenvalue weighted by molar-refractivity contribution is -0.126. The molecule has 8 heteroatoms. The number of aromatic nitrogens is 2. The van der Waals surface area contributed by atoms with E-state index in [1.165, 1.54) is 0 Å². The van der Waals surface area contributed by atoms with Crippen molar-refractivity contribution in [3.63, 3.8) is 0 Å². The molecule has 5 rings (SSSR count). The fourth-order valence-corrected chi connectivity index (χ4v) is 4.98. The third-order valence-corrected chi connectivity index (χ3v) is 7.26. The second-order valence-electron chi connectivity index (χ2n) is 9.73. The number of methoxy groups -OCH3 is 2. The van der Waals surface area contributed by atoms with Crippen LogP contribution >= 0.6 is 0 Å². The van der Waals surface area contributed by atoms with Gasteiger partial charge in [0.05, 0.1) is 26.5 Å². The van der Waals surface area contributed by atoms with E-state index in [2.05, 4.69) is 12.2 Å². The Morgan fingerprint density at radius 1 is 1.00 bits per heavy atom. The van der Waals surface area contributed by atoms with Gasteiger partial charge in [0.15, 0.2) is 0 Å². The minimum Gasteiger partial charge on any atom is -0.497 e. The summed E-state index contributed by atoms with van der Waals surface area (Å²) in [5.74, 6) is 0.856. The highest BCUT2D eigenvalue weighted by molar-refractivity contribution is 6.12. The summed E-state index contributed by atoms with van der Waals surface area (Å²) >= 11 is 0. The maximum atomic E-state index is 14.1. The van der Waals surface area contributed by atoms with E-state index in [4.69, 9.17) is 14.6 Å². The molecule has 8 nitrogen and oxygen atoms in total. The van der Waals surface area contributed by atoms with Gasteiger partial charge in [-0.05, 0) is 67.4 Å². The van der Waals surface area contributed by atoms with E-state index in [1.54, 1.807) is 36.8 Å². The summed E-state index contributed by atoms with van der Waals surface area (Å²) in [5.41, 5.74) is 3.36. The Morgan fingerprint density at radius 3 is 2.38 bits per heavy atom. The molecule has 0 bridgehead atoms. The maximum Gasteiger partial charge on any atom is 0.277 e. The van der Waals surface area contributed by atoms with Crippen molar-refractivity contribution in [3.8, 4) is 22.8 Å². The van der Waals surface area contributed by atoms with Gasteiger partial charge in [-0.15, -0.1) is 0 Å². The second kappa shape index (κ2) is 10.6. The van der Waals surface area contributed by atoms with Crippen LogP contribution in [-0.2, 0) is 24.3 Å². The molecular weight excluding hydrogens is 492 g/mol. The van der Waals surface area contributed by atoms with Crippen LogP contribution in [0.15, 0.2) is 78.9 Å². The highest BCUT2D eigenvalue weighted by Gasteiger charge is 2.48. The molecule has 1 aliphatic rings. The lowest BCUT2D eigenvalue weighted by atomic mass is 9.93. The van der Waals surface area contributed by atoms with E-state index in [0.29, 0.717) is 22.8 Å². The molecule has 0 radical (unpaired) electrons. The summed E-state index contributed by atoms with van der Waals surface area (Å²) in [6.07, 6.45) is 0.878. The Balaban J connectivity index is 1.52. The van der Waals surface area contributed by atoms with Crippen molar-refractivity contribution in [1.29, 1.82) is 0 Å². The molecule has 4 aromatic rings. The molecule has 0 saturated carbocycles. The number of carbonyl (C=O) groups is 2. The lowest BCUT2D eigenvalue weighted by Gasteiger charge is -2.43. The first-order chi connectivity index (χ1) is 18.9. The Morgan fingerprint density at radius 2 is 1.72 bits per heavy atom. The molecule has 0 spiro atoms. The van der Waals surface area contributed by atoms with Crippen molar-refractivity contribution >= 4 is 17.5 Å². The van der Waals surface area contributed by atoms with Crippen molar-refractivity contribution in [1.82, 2.24) is 15.1 Å². The van der Waals surface area contributed by atoms with Gasteiger partial charge in [-0.25, -0.2) is 0 Å². The number of hydrogen-bond donors (Lipinski definition) is 1. The van der Waals surface area contributed by atoms with Crippen LogP contribution < -0.4 is 19.7 Å². The van der Waals surface area contributed by atoms with Crippen LogP contribution in [0.2, 0.25) is 0 Å². The molecule has 3 aromatic carbocycles. The molecule has 200 valence electrons. The van der Waals surface area contributed by atoms with Crippen LogP contribution in [0.1, 0.15) is 35.5 Å². The quantitative estimate of drug-likeness (QED) is 0.356. The number of nitrogens with one attached hydrogen (secondary N) is 1. The first-order valence-corrected chi connectivity index (χ1v) is 12.9. The van der Waals surface area contributed by atoms with Gasteiger partial charge in [0.2, 0.25) is 5.91 Å². The monoisotopic (exact) mass is 524 g/mol. The summed E-state index contributed by atoms with van der Waals surface area (Å²) in [6, 6.07) is 24.6. The largest absolute Gasteiger partial charge is 0.497 e. The average molecular weight is 525 g/mol. The minimum atomic E-state index is -1.23. The number of para-hydroxylation sites is 1. The molecule has 0 saturated heterocycles. The van der Waals surface area contributed by atoms with Gasteiger partial charge in [-0.1, -0.05) is 37.3 Å². The molecule has 1 N–H and O–H groups in total. The Hall–Kier alpha value is -4.59. The number of aryl methyl sites for hydroxylation is 1. The highest BCUT2D eigenvalue weighted by Crippen LogP contribution is 2.35. The summed E-state index contributed by atoms with van der Waals surface area (Å²) in [4.78, 5) is 29.6. The third kappa shape index (κ3) is 4.85. The van der Waals surface area contributed by atoms with Gasteiger partial charge in [-0.3, -0.25) is 19.2 Å². The van der Waals surface area contributed by atoms with Crippen molar-refractivity contribution in [3.05, 3.63) is 95.7 Å². The smallest absolute Gasteiger partial charge is 0.277 e. The van der Waals surface area contributed by atoms with Crippen LogP contribution in [0.25, 0.3) is 11.3 Å². The molecule has 0 aliphatic carbocycles. The van der Waals surface area contributed by atoms with Gasteiger partial charge >= 0.3 is 0 Å². The van der Waals surface area contributed by atoms with Crippen LogP contribution in [0.3, 0.4) is 0 Å². The van der Waals surface area contributed by atoms with Crippen molar-refractivity contribution < 1.29 is 19.1 Å². The number of ether oxygens (including phenoxy) is 2. The predicted molar refractivity (Wildman–Crippen MR) is 150 cm³/mol. The third-order valence-electron chi connectivity index (χ3n) is 7.26. The predicted octanol–water partition coefficient (Wildman–Crippen LogP) is 4.87. The molecule has 2 heterocycles. The van der Waals surface area contributed by atoms with Crippen LogP contribution in [-0.4, -0.2) is 41.4 Å². The first kappa shape index (κ1) is 26.0. The number of nitrogens with zero attached hydrogens (tertiary/aromatic N) is 3. The molecule has 1 atom stereocenters. The van der Waals surface area contributed by atoms with Crippen molar-refractivity contribution in [2.75, 3.05) is 19.1 Å². The van der Waals surface area contributed by atoms with E-state index in [1.807, 2.05) is 72.8 Å². The molecule has 2 amide bonds. The van der Waals surface area contributed by atoms with Gasteiger partial charge < -0.3 is 14.8 Å². The lowest BCUT2D eigenvalue weighted by Crippen LogP contribution is -2.64. The normalized spacial score (nSPS) is 16.5. The van der Waals surface area contributed by atoms with E-state index >= 15 is 0 Å². The first-order valence-electron chi connectivity index (χ1n) is 12.9. The van der Waals surface area contributed by atoms with Gasteiger partial charge in [0, 0.05) is 23.4 Å². The number of fused-ring (bicyclic) bond motifs is 1. The van der Waals surface area contributed by atoms with Gasteiger partial charge in [-0.2, -0.15) is 5.10 Å². The summed E-state index contributed by atoms with van der Waals surface area (Å²) in [6.45, 7) is 4.32. The zero-order valence-electron chi connectivity index (χ0n) is 22.6. The summed E-state index contributed by atoms with van der Waals surface area (Å²) in [5, 5.41) is 7.78. The standard InChI is InChI=1S/C31H32N4O4/c1-5-21-10-14-24(15-11-21)35-29(36)27-18-26(22-12-16-25(38-3)17-13-22)33-34(27)20-31(35,2)30(37)32-19-23-8-6-7-9-28(23)39-4/h6-18H,5,19-20H2,1-4H3,(H,32,37)/t31-/m0/s1. The molecule has 1 aromatic heterocycles. The van der Waals surface area contributed by atoms with Gasteiger partial charge in [0.25, 0.3) is 5.91 Å². The van der Waals surface area contributed by atoms with E-state index < -0.39 is 5.54 Å². The number of rotatable bonds is 8. The minimum absolute atomic E-state index is 0.192. The molecular formula is C31H32N4O4. The van der Waals surface area contributed by atoms with E-state index in [9.17, 15) is 9.59 Å². The fourth-order valence-electron chi connectivity index (χ4n) is 4.98. The second-order valence-corrected chi connectivity index (χ2v) is 9.73. The zero-order valence-corrected chi connectivity index (χ0v) is 22.6. The average Bonchev–Trinajstić information content (AvgIpc) is 3.40. The molecule has 0 fully saturated rings. The summed E-state index contributed by atoms with van der Waals surface area (Å²) < 4.78 is 12.4. The number of anilines is 1. The highest BCUT2D eigenvalue weighted by atomic mass is 16.5. The fraction of sp³-hybridized carbons (Fsp3) is 0.258. The number of carbonyl (C=O) groups excluding carboxylic acids is 2. The molecule has 1 aliphatic heterocycles. The Labute approximate surface area is 228 Å². The molecule has 39 heavy (non-hydrogen) atoms. The Kier molecular flexibility index (Phi) is 7.11. The van der Waals surface area contributed by atoms with Crippen molar-refractivity contribution in [2.45, 2.75) is 38.9 Å². The SMILES string of the molecule is CCc1ccc(N2C(=O)c3cc(-c4ccc(OC)cc4)nn3C[C@@]2(C)C(=O)NCc2ccccc2OC)cc1. The topological polar surface area (TPSA) is 85.7 Å². The number of amides is 2. The maximum absolute atomic E-state index is 14.1. The molecule has 0 unspecified atom stereocenters. The number of benzene rings is 3. The van der Waals surface area contributed by atoms with Crippen molar-refractivity contribution in [2.24, 2.45) is 0 Å². The van der Waals surface area contributed by atoms with Crippen LogP contribution in [0.5, 0.6) is 11.5 Å². The van der Waals surface area contributed by atoms with Crippen LogP contribution in [0.4, 0.5) is 5.69 Å². The zero-order chi connectivity index (χ0) is 27.6. The Bertz CT molecular complexity index is 1490. The van der Waals surface area contributed by atoms with E-state index in [-0.39, 0.29) is 24.9 Å².